The van der Waals surface area contributed by atoms with Gasteiger partial charge in [0.25, 0.3) is 0 Å². The van der Waals surface area contributed by atoms with E-state index in [4.69, 9.17) is 5.73 Å². The summed E-state index contributed by atoms with van der Waals surface area (Å²) in [5, 5.41) is 10.2. The van der Waals surface area contributed by atoms with Crippen molar-refractivity contribution >= 4 is 33.4 Å². The van der Waals surface area contributed by atoms with Crippen LogP contribution >= 0.6 is 27.7 Å². The molecule has 0 aliphatic heterocycles. The van der Waals surface area contributed by atoms with Crippen LogP contribution < -0.4 is 5.73 Å². The highest BCUT2D eigenvalue weighted by atomic mass is 79.9. The molecule has 1 aliphatic carbocycles. The summed E-state index contributed by atoms with van der Waals surface area (Å²) in [4.78, 5) is 1.17. The Labute approximate surface area is 109 Å². The average Bonchev–Trinajstić information content (AvgIpc) is 2.25. The lowest BCUT2D eigenvalue weighted by Gasteiger charge is -2.27. The summed E-state index contributed by atoms with van der Waals surface area (Å²) in [6, 6.07) is 5.84. The van der Waals surface area contributed by atoms with Crippen LogP contribution in [-0.4, -0.2) is 16.5 Å². The molecule has 88 valence electrons. The lowest BCUT2D eigenvalue weighted by molar-refractivity contribution is 0.137. The molecule has 1 aromatic rings. The van der Waals surface area contributed by atoms with Crippen molar-refractivity contribution in [2.24, 2.45) is 0 Å². The van der Waals surface area contributed by atoms with Gasteiger partial charge in [0.15, 0.2) is 0 Å². The summed E-state index contributed by atoms with van der Waals surface area (Å²) >= 11 is 5.27. The topological polar surface area (TPSA) is 46.2 Å². The van der Waals surface area contributed by atoms with Gasteiger partial charge in [-0.1, -0.05) is 12.8 Å². The Morgan fingerprint density at radius 1 is 1.31 bits per heavy atom. The molecule has 0 heterocycles. The molecule has 3 N–H and O–H groups in total. The second-order valence-corrected chi connectivity index (χ2v) is 6.33. The molecule has 0 bridgehead atoms. The maximum absolute atomic E-state index is 9.91. The fourth-order valence-electron chi connectivity index (χ4n) is 1.99. The Morgan fingerprint density at radius 3 is 2.75 bits per heavy atom. The number of hydrogen-bond donors (Lipinski definition) is 2. The van der Waals surface area contributed by atoms with Gasteiger partial charge in [-0.15, -0.1) is 11.8 Å². The molecule has 1 aliphatic rings. The van der Waals surface area contributed by atoms with Gasteiger partial charge in [-0.05, 0) is 47.0 Å². The van der Waals surface area contributed by atoms with Crippen molar-refractivity contribution < 1.29 is 5.11 Å². The number of hydrogen-bond acceptors (Lipinski definition) is 3. The van der Waals surface area contributed by atoms with Gasteiger partial charge in [0.2, 0.25) is 0 Å². The zero-order valence-corrected chi connectivity index (χ0v) is 11.4. The molecule has 0 saturated heterocycles. The van der Waals surface area contributed by atoms with Crippen molar-refractivity contribution in [3.05, 3.63) is 22.7 Å². The third-order valence-corrected chi connectivity index (χ3v) is 5.28. The molecule has 2 atom stereocenters. The molecule has 1 aromatic carbocycles. The Balaban J connectivity index is 2.07. The highest BCUT2D eigenvalue weighted by Crippen LogP contribution is 2.37. The average molecular weight is 302 g/mol. The molecule has 2 unspecified atom stereocenters. The van der Waals surface area contributed by atoms with E-state index in [1.54, 1.807) is 11.8 Å². The summed E-state index contributed by atoms with van der Waals surface area (Å²) in [7, 11) is 0. The second kappa shape index (κ2) is 5.43. The maximum Gasteiger partial charge on any atom is 0.0662 e. The molecule has 16 heavy (non-hydrogen) atoms. The molecular weight excluding hydrogens is 286 g/mol. The Bertz CT molecular complexity index is 372. The number of thioether (sulfide) groups is 1. The molecule has 0 radical (unpaired) electrons. The number of nitrogens with two attached hydrogens (primary N) is 1. The van der Waals surface area contributed by atoms with Crippen LogP contribution in [0, 0.1) is 0 Å². The zero-order chi connectivity index (χ0) is 11.5. The fraction of sp³-hybridized carbons (Fsp3) is 0.500. The first-order valence-electron chi connectivity index (χ1n) is 5.56. The van der Waals surface area contributed by atoms with E-state index >= 15 is 0 Å². The Kier molecular flexibility index (Phi) is 4.16. The summed E-state index contributed by atoms with van der Waals surface area (Å²) in [6.45, 7) is 0. The number of rotatable bonds is 2. The van der Waals surface area contributed by atoms with Gasteiger partial charge < -0.3 is 10.8 Å². The first-order chi connectivity index (χ1) is 7.66. The van der Waals surface area contributed by atoms with Gasteiger partial charge >= 0.3 is 0 Å². The monoisotopic (exact) mass is 301 g/mol. The number of aliphatic hydroxyl groups excluding tert-OH is 1. The molecule has 0 spiro atoms. The number of anilines is 1. The lowest BCUT2D eigenvalue weighted by atomic mass is 9.97. The van der Waals surface area contributed by atoms with Gasteiger partial charge in [-0.25, -0.2) is 0 Å². The highest BCUT2D eigenvalue weighted by molar-refractivity contribution is 9.10. The molecule has 0 aromatic heterocycles. The van der Waals surface area contributed by atoms with E-state index in [-0.39, 0.29) is 6.10 Å². The van der Waals surface area contributed by atoms with Gasteiger partial charge in [-0.2, -0.15) is 0 Å². The van der Waals surface area contributed by atoms with E-state index in [0.717, 1.165) is 29.4 Å². The van der Waals surface area contributed by atoms with Crippen molar-refractivity contribution in [2.75, 3.05) is 5.73 Å². The van der Waals surface area contributed by atoms with Crippen LogP contribution in [0.1, 0.15) is 25.7 Å². The van der Waals surface area contributed by atoms with Crippen molar-refractivity contribution in [3.63, 3.8) is 0 Å². The largest absolute Gasteiger partial charge is 0.399 e. The normalized spacial score (nSPS) is 25.6. The van der Waals surface area contributed by atoms with Crippen molar-refractivity contribution in [2.45, 2.75) is 41.9 Å². The third-order valence-electron chi connectivity index (χ3n) is 2.90. The van der Waals surface area contributed by atoms with E-state index in [2.05, 4.69) is 15.9 Å². The SMILES string of the molecule is Nc1ccc(SC2CCCCC2O)c(Br)c1. The van der Waals surface area contributed by atoms with Gasteiger partial charge in [0, 0.05) is 20.3 Å². The first kappa shape index (κ1) is 12.3. The molecule has 2 nitrogen and oxygen atoms in total. The molecule has 2 rings (SSSR count). The van der Waals surface area contributed by atoms with Crippen LogP contribution in [0.25, 0.3) is 0 Å². The lowest BCUT2D eigenvalue weighted by Crippen LogP contribution is -2.26. The number of halogens is 1. The predicted molar refractivity (Wildman–Crippen MR) is 72.7 cm³/mol. The molecule has 4 heteroatoms. The minimum atomic E-state index is -0.164. The first-order valence-corrected chi connectivity index (χ1v) is 7.24. The summed E-state index contributed by atoms with van der Waals surface area (Å²) in [5.41, 5.74) is 6.46. The Hall–Kier alpha value is -0.190. The summed E-state index contributed by atoms with van der Waals surface area (Å²) in [6.07, 6.45) is 4.25. The van der Waals surface area contributed by atoms with Crippen LogP contribution in [0.3, 0.4) is 0 Å². The molecule has 1 fully saturated rings. The fourth-order valence-corrected chi connectivity index (χ4v) is 3.89. The van der Waals surface area contributed by atoms with Crippen molar-refractivity contribution in [3.8, 4) is 0 Å². The van der Waals surface area contributed by atoms with Crippen LogP contribution in [0.15, 0.2) is 27.6 Å². The van der Waals surface area contributed by atoms with E-state index in [9.17, 15) is 5.11 Å². The van der Waals surface area contributed by atoms with Gasteiger partial charge in [-0.3, -0.25) is 0 Å². The van der Waals surface area contributed by atoms with Crippen molar-refractivity contribution in [1.29, 1.82) is 0 Å². The molecular formula is C12H16BrNOS. The number of aliphatic hydroxyl groups is 1. The van der Waals surface area contributed by atoms with E-state index in [1.165, 1.54) is 11.3 Å². The number of benzene rings is 1. The van der Waals surface area contributed by atoms with Gasteiger partial charge in [0.1, 0.15) is 0 Å². The van der Waals surface area contributed by atoms with Gasteiger partial charge in [0.05, 0.1) is 6.10 Å². The minimum absolute atomic E-state index is 0.164. The zero-order valence-electron chi connectivity index (χ0n) is 9.03. The van der Waals surface area contributed by atoms with Crippen LogP contribution in [0.4, 0.5) is 5.69 Å². The smallest absolute Gasteiger partial charge is 0.0662 e. The summed E-state index contributed by atoms with van der Waals surface area (Å²) < 4.78 is 1.02. The Morgan fingerprint density at radius 2 is 2.06 bits per heavy atom. The van der Waals surface area contributed by atoms with E-state index in [1.807, 2.05) is 18.2 Å². The van der Waals surface area contributed by atoms with Crippen molar-refractivity contribution in [1.82, 2.24) is 0 Å². The highest BCUT2D eigenvalue weighted by Gasteiger charge is 2.24. The standard InChI is InChI=1S/C12H16BrNOS/c13-9-7-8(14)5-6-11(9)16-12-4-2-1-3-10(12)15/h5-7,10,12,15H,1-4,14H2. The van der Waals surface area contributed by atoms with Crippen LogP contribution in [-0.2, 0) is 0 Å². The molecule has 0 amide bonds. The summed E-state index contributed by atoms with van der Waals surface area (Å²) in [5.74, 6) is 0. The van der Waals surface area contributed by atoms with Crippen LogP contribution in [0.2, 0.25) is 0 Å². The maximum atomic E-state index is 9.91. The minimum Gasteiger partial charge on any atom is -0.399 e. The predicted octanol–water partition coefficient (Wildman–Crippen LogP) is 3.43. The van der Waals surface area contributed by atoms with E-state index in [0.29, 0.717) is 5.25 Å². The third kappa shape index (κ3) is 2.93. The van der Waals surface area contributed by atoms with E-state index < -0.39 is 0 Å². The molecule has 1 saturated carbocycles. The quantitative estimate of drug-likeness (QED) is 0.823. The second-order valence-electron chi connectivity index (χ2n) is 4.20. The number of nitrogen functional groups attached to an aromatic ring is 1. The van der Waals surface area contributed by atoms with Crippen LogP contribution in [0.5, 0.6) is 0 Å².